The Balaban J connectivity index is 2.15. The molecule has 0 aromatic carbocycles. The molecule has 0 saturated heterocycles. The molecule has 0 bridgehead atoms. The van der Waals surface area contributed by atoms with Crippen LogP contribution in [0.15, 0.2) is 48.6 Å². The van der Waals surface area contributed by atoms with E-state index >= 15 is 0 Å². The third kappa shape index (κ3) is 1.73. The number of furan rings is 1. The van der Waals surface area contributed by atoms with E-state index in [2.05, 4.69) is 38.0 Å². The van der Waals surface area contributed by atoms with Crippen molar-refractivity contribution in [3.05, 3.63) is 44.2 Å². The Morgan fingerprint density at radius 1 is 0.867 bits per heavy atom. The van der Waals surface area contributed by atoms with Gasteiger partial charge in [-0.1, -0.05) is 0 Å². The van der Waals surface area contributed by atoms with Gasteiger partial charge in [0.1, 0.15) is 0 Å². The quantitative estimate of drug-likeness (QED) is 0.660. The summed E-state index contributed by atoms with van der Waals surface area (Å²) in [6.07, 6.45) is 1.78. The van der Waals surface area contributed by atoms with E-state index in [0.29, 0.717) is 29.0 Å². The fraction of sp³-hybridized carbons (Fsp3) is 0. The molecular formula is C12H8OSe2. The summed E-state index contributed by atoms with van der Waals surface area (Å²) in [6, 6.07) is 6.42. The monoisotopic (exact) mass is 328 g/mol. The third-order valence-corrected chi connectivity index (χ3v) is 5.15. The summed E-state index contributed by atoms with van der Waals surface area (Å²) in [5.41, 5.74) is 3.79. The molecule has 0 saturated carbocycles. The second kappa shape index (κ2) is 4.03. The molecule has 0 spiro atoms. The summed E-state index contributed by atoms with van der Waals surface area (Å²) in [4.78, 5) is 9.02. The zero-order chi connectivity index (χ0) is 10.1. The van der Waals surface area contributed by atoms with Crippen LogP contribution in [0.5, 0.6) is 0 Å². The van der Waals surface area contributed by atoms with E-state index in [1.54, 1.807) is 6.26 Å². The van der Waals surface area contributed by atoms with Crippen LogP contribution in [-0.2, 0) is 0 Å². The summed E-state index contributed by atoms with van der Waals surface area (Å²) in [7, 11) is 0. The van der Waals surface area contributed by atoms with Crippen LogP contribution in [0.2, 0.25) is 0 Å². The molecule has 0 unspecified atom stereocenters. The molecule has 0 atom stereocenters. The van der Waals surface area contributed by atoms with Crippen LogP contribution in [-0.4, -0.2) is 29.0 Å². The normalized spacial score (nSPS) is 10.7. The van der Waals surface area contributed by atoms with Crippen molar-refractivity contribution in [1.29, 1.82) is 0 Å². The molecule has 74 valence electrons. The van der Waals surface area contributed by atoms with Crippen LogP contribution in [0.1, 0.15) is 0 Å². The van der Waals surface area contributed by atoms with Gasteiger partial charge in [-0.3, -0.25) is 0 Å². The molecule has 3 aromatic heterocycles. The summed E-state index contributed by atoms with van der Waals surface area (Å²) in [5, 5.41) is 0. The molecule has 0 amide bonds. The maximum absolute atomic E-state index is 5.58. The average Bonchev–Trinajstić information content (AvgIpc) is 3.01. The molecule has 3 rings (SSSR count). The molecule has 0 aliphatic rings. The van der Waals surface area contributed by atoms with Crippen molar-refractivity contribution in [2.45, 2.75) is 0 Å². The van der Waals surface area contributed by atoms with Gasteiger partial charge in [-0.15, -0.1) is 0 Å². The van der Waals surface area contributed by atoms with Gasteiger partial charge in [0, 0.05) is 0 Å². The summed E-state index contributed by atoms with van der Waals surface area (Å²) >= 11 is 1.05. The van der Waals surface area contributed by atoms with Gasteiger partial charge in [0.25, 0.3) is 0 Å². The summed E-state index contributed by atoms with van der Waals surface area (Å²) in [5.74, 6) is 1.03. The Morgan fingerprint density at radius 3 is 2.27 bits per heavy atom. The molecule has 3 aromatic rings. The van der Waals surface area contributed by atoms with Crippen molar-refractivity contribution in [2.75, 3.05) is 0 Å². The van der Waals surface area contributed by atoms with Crippen molar-refractivity contribution in [3.8, 4) is 22.5 Å². The first-order chi connectivity index (χ1) is 7.45. The predicted octanol–water partition coefficient (Wildman–Crippen LogP) is 2.73. The minimum atomic E-state index is 0.517. The van der Waals surface area contributed by atoms with E-state index in [0.717, 1.165) is 5.76 Å². The first-order valence-electron chi connectivity index (χ1n) is 4.58. The number of rotatable bonds is 2. The van der Waals surface area contributed by atoms with Gasteiger partial charge in [-0.05, 0) is 0 Å². The SMILES string of the molecule is c1cc(-c2cc[se]c2)c(-c2cc[se]c2)o1. The van der Waals surface area contributed by atoms with Gasteiger partial charge >= 0.3 is 100 Å². The summed E-state index contributed by atoms with van der Waals surface area (Å²) in [6.45, 7) is 0. The molecule has 3 heterocycles. The fourth-order valence-corrected chi connectivity index (χ4v) is 4.28. The molecule has 0 fully saturated rings. The van der Waals surface area contributed by atoms with E-state index in [-0.39, 0.29) is 0 Å². The van der Waals surface area contributed by atoms with E-state index in [4.69, 9.17) is 4.42 Å². The summed E-state index contributed by atoms with van der Waals surface area (Å²) < 4.78 is 5.58. The Bertz CT molecular complexity index is 483. The van der Waals surface area contributed by atoms with E-state index in [1.165, 1.54) is 16.7 Å². The molecule has 1 nitrogen and oxygen atoms in total. The standard InChI is InChI=1S/C12H8OSe2/c1-4-13-12(10-3-6-15-8-10)11(1)9-2-5-14-7-9/h1-8H. The number of hydrogen-bond acceptors (Lipinski definition) is 1. The number of hydrogen-bond donors (Lipinski definition) is 0. The van der Waals surface area contributed by atoms with Gasteiger partial charge in [0.05, 0.1) is 0 Å². The van der Waals surface area contributed by atoms with Crippen LogP contribution < -0.4 is 0 Å². The molecule has 0 N–H and O–H groups in total. The van der Waals surface area contributed by atoms with Crippen molar-refractivity contribution >= 4 is 29.0 Å². The van der Waals surface area contributed by atoms with Gasteiger partial charge in [0.2, 0.25) is 0 Å². The van der Waals surface area contributed by atoms with Crippen LogP contribution in [0, 0.1) is 0 Å². The maximum atomic E-state index is 5.58. The third-order valence-electron chi connectivity index (χ3n) is 2.28. The first-order valence-corrected chi connectivity index (χ1v) is 8.53. The van der Waals surface area contributed by atoms with Crippen molar-refractivity contribution < 1.29 is 4.42 Å². The van der Waals surface area contributed by atoms with Crippen molar-refractivity contribution in [1.82, 2.24) is 0 Å². The van der Waals surface area contributed by atoms with Crippen LogP contribution in [0.25, 0.3) is 22.5 Å². The van der Waals surface area contributed by atoms with Crippen LogP contribution in [0.3, 0.4) is 0 Å². The molecule has 15 heavy (non-hydrogen) atoms. The fourth-order valence-electron chi connectivity index (χ4n) is 1.57. The topological polar surface area (TPSA) is 13.1 Å². The average molecular weight is 326 g/mol. The Labute approximate surface area is 99.9 Å². The zero-order valence-electron chi connectivity index (χ0n) is 7.84. The Hall–Kier alpha value is -0.721. The Kier molecular flexibility index (Phi) is 2.55. The van der Waals surface area contributed by atoms with Gasteiger partial charge in [0.15, 0.2) is 0 Å². The Morgan fingerprint density at radius 2 is 1.60 bits per heavy atom. The molecule has 0 aliphatic heterocycles. The first kappa shape index (κ1) is 9.50. The van der Waals surface area contributed by atoms with Crippen LogP contribution in [0.4, 0.5) is 0 Å². The minimum absolute atomic E-state index is 0.517. The molecule has 0 radical (unpaired) electrons. The second-order valence-corrected chi connectivity index (χ2v) is 6.46. The van der Waals surface area contributed by atoms with Crippen molar-refractivity contribution in [3.63, 3.8) is 0 Å². The van der Waals surface area contributed by atoms with Crippen molar-refractivity contribution in [2.24, 2.45) is 0 Å². The molecular weight excluding hydrogens is 318 g/mol. The van der Waals surface area contributed by atoms with Gasteiger partial charge in [-0.25, -0.2) is 0 Å². The van der Waals surface area contributed by atoms with Gasteiger partial charge in [-0.2, -0.15) is 0 Å². The predicted molar refractivity (Wildman–Crippen MR) is 63.5 cm³/mol. The van der Waals surface area contributed by atoms with Gasteiger partial charge < -0.3 is 0 Å². The van der Waals surface area contributed by atoms with Crippen LogP contribution >= 0.6 is 0 Å². The van der Waals surface area contributed by atoms with E-state index < -0.39 is 0 Å². The van der Waals surface area contributed by atoms with E-state index in [9.17, 15) is 0 Å². The molecule has 3 heteroatoms. The zero-order valence-corrected chi connectivity index (χ0v) is 11.3. The van der Waals surface area contributed by atoms with E-state index in [1.807, 2.05) is 0 Å². The second-order valence-electron chi connectivity index (χ2n) is 3.19. The molecule has 0 aliphatic carbocycles.